The Kier molecular flexibility index (Phi) is 4.49. The van der Waals surface area contributed by atoms with E-state index < -0.39 is 0 Å². The van der Waals surface area contributed by atoms with E-state index in [0.29, 0.717) is 11.3 Å². The van der Waals surface area contributed by atoms with E-state index in [1.165, 1.54) is 0 Å². The zero-order valence-electron chi connectivity index (χ0n) is 15.4. The van der Waals surface area contributed by atoms with Crippen molar-refractivity contribution in [3.63, 3.8) is 0 Å². The van der Waals surface area contributed by atoms with Gasteiger partial charge in [0.2, 0.25) is 5.78 Å². The highest BCUT2D eigenvalue weighted by Crippen LogP contribution is 2.25. The van der Waals surface area contributed by atoms with Crippen LogP contribution in [0.25, 0.3) is 16.0 Å². The fourth-order valence-corrected chi connectivity index (χ4v) is 3.97. The van der Waals surface area contributed by atoms with Gasteiger partial charge in [-0.05, 0) is 39.0 Å². The van der Waals surface area contributed by atoms with Crippen LogP contribution in [0, 0.1) is 20.8 Å². The molecule has 0 bridgehead atoms. The third-order valence-electron chi connectivity index (χ3n) is 4.52. The molecule has 0 spiro atoms. The van der Waals surface area contributed by atoms with Gasteiger partial charge < -0.3 is 4.74 Å². The number of aryl methyl sites for hydroxylation is 2. The summed E-state index contributed by atoms with van der Waals surface area (Å²) in [4.78, 5) is 21.7. The van der Waals surface area contributed by atoms with Crippen LogP contribution in [-0.2, 0) is 0 Å². The Morgan fingerprint density at radius 3 is 2.81 bits per heavy atom. The lowest BCUT2D eigenvalue weighted by atomic mass is 10.1. The van der Waals surface area contributed by atoms with Crippen molar-refractivity contribution >= 4 is 28.0 Å². The predicted molar refractivity (Wildman–Crippen MR) is 107 cm³/mol. The van der Waals surface area contributed by atoms with Crippen LogP contribution in [0.3, 0.4) is 0 Å². The van der Waals surface area contributed by atoms with Crippen LogP contribution in [0.15, 0.2) is 48.0 Å². The van der Waals surface area contributed by atoms with Gasteiger partial charge in [0.25, 0.3) is 0 Å². The molecule has 0 aliphatic carbocycles. The van der Waals surface area contributed by atoms with Gasteiger partial charge in [-0.3, -0.25) is 9.36 Å². The maximum atomic E-state index is 12.8. The first-order chi connectivity index (χ1) is 13.0. The molecule has 5 nitrogen and oxygen atoms in total. The molecule has 136 valence electrons. The highest BCUT2D eigenvalue weighted by Gasteiger charge is 2.18. The van der Waals surface area contributed by atoms with Crippen LogP contribution >= 0.6 is 11.3 Å². The summed E-state index contributed by atoms with van der Waals surface area (Å²) in [5, 5.41) is 3.78. The van der Waals surface area contributed by atoms with E-state index in [9.17, 15) is 4.79 Å². The number of para-hydroxylation sites is 1. The Labute approximate surface area is 161 Å². The molecule has 0 saturated carbocycles. The van der Waals surface area contributed by atoms with Crippen molar-refractivity contribution in [2.75, 3.05) is 6.61 Å². The van der Waals surface area contributed by atoms with Gasteiger partial charge >= 0.3 is 0 Å². The number of benzene rings is 1. The Balaban J connectivity index is 1.59. The second-order valence-corrected chi connectivity index (χ2v) is 7.30. The van der Waals surface area contributed by atoms with Gasteiger partial charge in [0.15, 0.2) is 11.7 Å². The number of hydrogen-bond acceptors (Lipinski definition) is 5. The van der Waals surface area contributed by atoms with Gasteiger partial charge in [0.05, 0.1) is 0 Å². The van der Waals surface area contributed by atoms with Crippen LogP contribution in [0.2, 0.25) is 0 Å². The number of carbonyl (C=O) groups excluding carboxylic acids is 1. The van der Waals surface area contributed by atoms with Crippen molar-refractivity contribution in [1.29, 1.82) is 0 Å². The molecule has 3 heterocycles. The number of fused-ring (bicyclic) bond motifs is 1. The number of pyridine rings is 1. The summed E-state index contributed by atoms with van der Waals surface area (Å²) < 4.78 is 7.85. The lowest BCUT2D eigenvalue weighted by Gasteiger charge is -2.09. The number of ketones is 1. The third-order valence-corrected chi connectivity index (χ3v) is 5.28. The van der Waals surface area contributed by atoms with Crippen LogP contribution < -0.4 is 4.74 Å². The van der Waals surface area contributed by atoms with Gasteiger partial charge in [-0.25, -0.2) is 9.97 Å². The second-order valence-electron chi connectivity index (χ2n) is 6.43. The summed E-state index contributed by atoms with van der Waals surface area (Å²) in [5.74, 6) is 0.564. The van der Waals surface area contributed by atoms with Gasteiger partial charge in [-0.2, -0.15) is 0 Å². The molecule has 0 atom stereocenters. The van der Waals surface area contributed by atoms with Crippen molar-refractivity contribution in [2.45, 2.75) is 20.8 Å². The fraction of sp³-hybridized carbons (Fsp3) is 0.190. The van der Waals surface area contributed by atoms with Crippen molar-refractivity contribution in [2.24, 2.45) is 0 Å². The molecular weight excluding hydrogens is 358 g/mol. The van der Waals surface area contributed by atoms with E-state index in [4.69, 9.17) is 4.74 Å². The number of thiazole rings is 1. The van der Waals surface area contributed by atoms with E-state index in [1.807, 2.05) is 67.1 Å². The van der Waals surface area contributed by atoms with Crippen molar-refractivity contribution in [1.82, 2.24) is 14.5 Å². The number of carbonyl (C=O) groups is 1. The summed E-state index contributed by atoms with van der Waals surface area (Å²) in [6.45, 7) is 5.82. The van der Waals surface area contributed by atoms with E-state index in [2.05, 4.69) is 9.97 Å². The summed E-state index contributed by atoms with van der Waals surface area (Å²) >= 11 is 1.54. The molecule has 0 unspecified atom stereocenters. The minimum Gasteiger partial charge on any atom is -0.483 e. The summed E-state index contributed by atoms with van der Waals surface area (Å²) in [5.41, 5.74) is 4.21. The first kappa shape index (κ1) is 17.4. The predicted octanol–water partition coefficient (Wildman–Crippen LogP) is 4.67. The molecule has 27 heavy (non-hydrogen) atoms. The van der Waals surface area contributed by atoms with E-state index >= 15 is 0 Å². The summed E-state index contributed by atoms with van der Waals surface area (Å²) in [7, 11) is 0. The average Bonchev–Trinajstić information content (AvgIpc) is 3.27. The second kappa shape index (κ2) is 6.96. The molecule has 0 fully saturated rings. The molecule has 6 heteroatoms. The lowest BCUT2D eigenvalue weighted by molar-refractivity contribution is 0.0922. The largest absolute Gasteiger partial charge is 0.483 e. The highest BCUT2D eigenvalue weighted by atomic mass is 32.1. The first-order valence-electron chi connectivity index (χ1n) is 8.66. The van der Waals surface area contributed by atoms with Crippen molar-refractivity contribution in [3.05, 3.63) is 70.6 Å². The quantitative estimate of drug-likeness (QED) is 0.474. The minimum atomic E-state index is -0.0597. The van der Waals surface area contributed by atoms with Gasteiger partial charge in [0.1, 0.15) is 11.3 Å². The Morgan fingerprint density at radius 2 is 2.04 bits per heavy atom. The normalized spacial score (nSPS) is 11.1. The molecule has 0 aliphatic heterocycles. The van der Waals surface area contributed by atoms with E-state index in [0.717, 1.165) is 33.1 Å². The zero-order chi connectivity index (χ0) is 19.0. The van der Waals surface area contributed by atoms with Crippen molar-refractivity contribution in [3.8, 4) is 10.9 Å². The lowest BCUT2D eigenvalue weighted by Crippen LogP contribution is -2.13. The fourth-order valence-electron chi connectivity index (χ4n) is 3.22. The Morgan fingerprint density at radius 1 is 1.19 bits per heavy atom. The summed E-state index contributed by atoms with van der Waals surface area (Å²) in [6.07, 6.45) is 1.76. The maximum absolute atomic E-state index is 12.8. The highest BCUT2D eigenvalue weighted by molar-refractivity contribution is 7.12. The molecule has 0 radical (unpaired) electrons. The van der Waals surface area contributed by atoms with Gasteiger partial charge in [-0.15, -0.1) is 11.3 Å². The number of nitrogens with zero attached hydrogens (tertiary/aromatic N) is 3. The number of aromatic nitrogens is 3. The monoisotopic (exact) mass is 377 g/mol. The molecule has 0 aliphatic rings. The molecule has 4 rings (SSSR count). The minimum absolute atomic E-state index is 0.0309. The molecule has 1 aromatic carbocycles. The maximum Gasteiger partial charge on any atom is 0.202 e. The van der Waals surface area contributed by atoms with Gasteiger partial charge in [-0.1, -0.05) is 18.2 Å². The molecule has 3 aromatic heterocycles. The topological polar surface area (TPSA) is 57.0 Å². The van der Waals surface area contributed by atoms with Crippen LogP contribution in [0.4, 0.5) is 0 Å². The number of Topliss-reactive ketones (excluding diaryl/α,β-unsaturated/α-hetero) is 1. The average molecular weight is 377 g/mol. The van der Waals surface area contributed by atoms with E-state index in [-0.39, 0.29) is 12.4 Å². The zero-order valence-corrected chi connectivity index (χ0v) is 16.2. The van der Waals surface area contributed by atoms with Crippen LogP contribution in [0.1, 0.15) is 27.4 Å². The molecule has 0 amide bonds. The van der Waals surface area contributed by atoms with Gasteiger partial charge in [0, 0.05) is 39.6 Å². The summed E-state index contributed by atoms with van der Waals surface area (Å²) in [6, 6.07) is 11.6. The van der Waals surface area contributed by atoms with Crippen LogP contribution in [0.5, 0.6) is 5.75 Å². The number of ether oxygens (including phenoxy) is 1. The molecule has 0 N–H and O–H groups in total. The van der Waals surface area contributed by atoms with Crippen molar-refractivity contribution < 1.29 is 9.53 Å². The Bertz CT molecular complexity index is 1130. The molecular formula is C21H19N3O2S. The molecule has 4 aromatic rings. The Hall–Kier alpha value is -2.99. The number of rotatable bonds is 5. The van der Waals surface area contributed by atoms with E-state index in [1.54, 1.807) is 17.5 Å². The number of hydrogen-bond donors (Lipinski definition) is 0. The first-order valence-corrected chi connectivity index (χ1v) is 9.54. The standard InChI is InChI=1S/C21H19N3O2S/c1-13-7-8-16-5-4-6-19(20(16)23-13)26-12-18(25)17-11-14(2)24(15(17)3)21-22-9-10-27-21/h4-11H,12H2,1-3H3. The molecule has 0 saturated heterocycles. The third kappa shape index (κ3) is 3.24. The smallest absolute Gasteiger partial charge is 0.202 e. The van der Waals surface area contributed by atoms with Crippen LogP contribution in [-0.4, -0.2) is 26.9 Å². The SMILES string of the molecule is Cc1ccc2cccc(OCC(=O)c3cc(C)n(-c4nccs4)c3C)c2n1.